The number of piperidine rings is 1. The summed E-state index contributed by atoms with van der Waals surface area (Å²) in [4.78, 5) is 33.7. The quantitative estimate of drug-likeness (QED) is 0.440. The highest BCUT2D eigenvalue weighted by atomic mass is 16.2. The van der Waals surface area contributed by atoms with Crippen LogP contribution >= 0.6 is 0 Å². The van der Waals surface area contributed by atoms with Crippen molar-refractivity contribution in [1.29, 1.82) is 0 Å². The molecule has 7 heteroatoms. The molecule has 180 valence electrons. The molecule has 2 aromatic carbocycles. The van der Waals surface area contributed by atoms with Crippen molar-refractivity contribution in [2.45, 2.75) is 59.0 Å². The van der Waals surface area contributed by atoms with E-state index in [1.165, 1.54) is 4.52 Å². The van der Waals surface area contributed by atoms with Gasteiger partial charge in [0.25, 0.3) is 5.56 Å². The maximum absolute atomic E-state index is 13.6. The highest BCUT2D eigenvalue weighted by molar-refractivity contribution is 5.77. The second-order valence-electron chi connectivity index (χ2n) is 9.56. The molecule has 1 aliphatic heterocycles. The number of aryl methyl sites for hydroxylation is 1. The third-order valence-electron chi connectivity index (χ3n) is 7.07. The Morgan fingerprint density at radius 3 is 2.49 bits per heavy atom. The molecule has 1 amide bonds. The van der Waals surface area contributed by atoms with Crippen molar-refractivity contribution in [2.24, 2.45) is 0 Å². The van der Waals surface area contributed by atoms with Crippen molar-refractivity contribution in [3.05, 3.63) is 87.3 Å². The first-order valence-corrected chi connectivity index (χ1v) is 12.3. The Morgan fingerprint density at radius 2 is 1.77 bits per heavy atom. The van der Waals surface area contributed by atoms with Crippen LogP contribution in [0.3, 0.4) is 0 Å². The number of likely N-dealkylation sites (tertiary alicyclic amines) is 1. The maximum atomic E-state index is 13.6. The van der Waals surface area contributed by atoms with Crippen LogP contribution in [-0.4, -0.2) is 42.6 Å². The zero-order valence-electron chi connectivity index (χ0n) is 20.6. The highest BCUT2D eigenvalue weighted by Crippen LogP contribution is 2.21. The van der Waals surface area contributed by atoms with Gasteiger partial charge in [-0.25, -0.2) is 0 Å². The van der Waals surface area contributed by atoms with Gasteiger partial charge in [-0.1, -0.05) is 60.2 Å². The number of benzene rings is 2. The van der Waals surface area contributed by atoms with Crippen LogP contribution in [0.15, 0.2) is 59.4 Å². The normalized spacial score (nSPS) is 16.1. The zero-order valence-corrected chi connectivity index (χ0v) is 20.6. The van der Waals surface area contributed by atoms with Gasteiger partial charge < -0.3 is 9.47 Å². The standard InChI is InChI=1S/C28H31N5O2/c1-19-12-14-23(15-13-19)26-29-28-32(18-25(34)31-16-8-7-9-20(31)2)21(3)24(27(35)33(28)30-26)17-22-10-5-4-6-11-22/h4-6,10-15,20H,7-9,16-18H2,1-3H3. The number of fused-ring (bicyclic) bond motifs is 1. The predicted octanol–water partition coefficient (Wildman–Crippen LogP) is 4.17. The van der Waals surface area contributed by atoms with Crippen molar-refractivity contribution in [3.63, 3.8) is 0 Å². The van der Waals surface area contributed by atoms with Crippen molar-refractivity contribution in [2.75, 3.05) is 6.54 Å². The first-order chi connectivity index (χ1) is 16.9. The highest BCUT2D eigenvalue weighted by Gasteiger charge is 2.26. The molecule has 7 nitrogen and oxygen atoms in total. The minimum absolute atomic E-state index is 0.0522. The Labute approximate surface area is 205 Å². The lowest BCUT2D eigenvalue weighted by Crippen LogP contribution is -2.44. The van der Waals surface area contributed by atoms with Crippen molar-refractivity contribution in [3.8, 4) is 11.4 Å². The Balaban J connectivity index is 1.64. The number of carbonyl (C=O) groups excluding carboxylic acids is 1. The zero-order chi connectivity index (χ0) is 24.5. The van der Waals surface area contributed by atoms with E-state index in [0.29, 0.717) is 23.6 Å². The average Bonchev–Trinajstić information content (AvgIpc) is 3.31. The molecule has 1 unspecified atom stereocenters. The van der Waals surface area contributed by atoms with Crippen molar-refractivity contribution >= 4 is 11.7 Å². The Hall–Kier alpha value is -3.74. The first kappa shape index (κ1) is 23.0. The van der Waals surface area contributed by atoms with E-state index in [0.717, 1.165) is 48.2 Å². The van der Waals surface area contributed by atoms with E-state index in [-0.39, 0.29) is 24.1 Å². The van der Waals surface area contributed by atoms with Gasteiger partial charge in [0.1, 0.15) is 6.54 Å². The Kier molecular flexibility index (Phi) is 6.24. The van der Waals surface area contributed by atoms with Gasteiger partial charge in [-0.05, 0) is 45.6 Å². The molecule has 0 spiro atoms. The van der Waals surface area contributed by atoms with Crippen LogP contribution in [0.2, 0.25) is 0 Å². The minimum atomic E-state index is -0.192. The molecule has 1 fully saturated rings. The van der Waals surface area contributed by atoms with Gasteiger partial charge in [0.2, 0.25) is 11.7 Å². The van der Waals surface area contributed by atoms with Crippen LogP contribution in [-0.2, 0) is 17.8 Å². The fourth-order valence-electron chi connectivity index (χ4n) is 4.92. The van der Waals surface area contributed by atoms with E-state index in [4.69, 9.17) is 4.98 Å². The Morgan fingerprint density at radius 1 is 1.03 bits per heavy atom. The third kappa shape index (κ3) is 4.50. The number of nitrogens with zero attached hydrogens (tertiary/aromatic N) is 5. The van der Waals surface area contributed by atoms with Gasteiger partial charge in [-0.15, -0.1) is 5.10 Å². The second kappa shape index (κ2) is 9.49. The number of amides is 1. The molecule has 0 radical (unpaired) electrons. The van der Waals surface area contributed by atoms with Gasteiger partial charge in [-0.2, -0.15) is 9.50 Å². The van der Waals surface area contributed by atoms with E-state index >= 15 is 0 Å². The second-order valence-corrected chi connectivity index (χ2v) is 9.56. The van der Waals surface area contributed by atoms with Crippen LogP contribution < -0.4 is 5.56 Å². The van der Waals surface area contributed by atoms with E-state index in [1.807, 2.05) is 77.9 Å². The van der Waals surface area contributed by atoms with Crippen LogP contribution in [0, 0.1) is 13.8 Å². The van der Waals surface area contributed by atoms with Crippen LogP contribution in [0.5, 0.6) is 0 Å². The van der Waals surface area contributed by atoms with Crippen molar-refractivity contribution in [1.82, 2.24) is 24.1 Å². The molecular weight excluding hydrogens is 438 g/mol. The molecule has 0 bridgehead atoms. The van der Waals surface area contributed by atoms with Crippen molar-refractivity contribution < 1.29 is 4.79 Å². The van der Waals surface area contributed by atoms with Gasteiger partial charge in [0.05, 0.1) is 0 Å². The summed E-state index contributed by atoms with van der Waals surface area (Å²) >= 11 is 0. The van der Waals surface area contributed by atoms with Gasteiger partial charge >= 0.3 is 0 Å². The molecule has 5 rings (SSSR count). The molecule has 0 saturated carbocycles. The number of rotatable bonds is 5. The summed E-state index contributed by atoms with van der Waals surface area (Å²) in [6, 6.07) is 18.0. The monoisotopic (exact) mass is 469 g/mol. The van der Waals surface area contributed by atoms with Gasteiger partial charge in [0, 0.05) is 35.8 Å². The SMILES string of the molecule is Cc1ccc(-c2nc3n(CC(=O)N4CCCCC4C)c(C)c(Cc4ccccc4)c(=O)n3n2)cc1. The average molecular weight is 470 g/mol. The van der Waals surface area contributed by atoms with E-state index in [2.05, 4.69) is 12.0 Å². The topological polar surface area (TPSA) is 72.5 Å². The number of carbonyl (C=O) groups is 1. The number of hydrogen-bond donors (Lipinski definition) is 0. The predicted molar refractivity (Wildman–Crippen MR) is 136 cm³/mol. The lowest BCUT2D eigenvalue weighted by Gasteiger charge is -2.34. The summed E-state index contributed by atoms with van der Waals surface area (Å²) in [6.45, 7) is 6.95. The molecule has 2 aromatic heterocycles. The summed E-state index contributed by atoms with van der Waals surface area (Å²) in [5.74, 6) is 0.931. The van der Waals surface area contributed by atoms with E-state index in [1.54, 1.807) is 0 Å². The van der Waals surface area contributed by atoms with Crippen LogP contribution in [0.1, 0.15) is 48.6 Å². The largest absolute Gasteiger partial charge is 0.338 e. The number of hydrogen-bond acceptors (Lipinski definition) is 4. The van der Waals surface area contributed by atoms with Crippen LogP contribution in [0.4, 0.5) is 0 Å². The maximum Gasteiger partial charge on any atom is 0.279 e. The van der Waals surface area contributed by atoms with E-state index < -0.39 is 0 Å². The molecule has 1 atom stereocenters. The molecule has 0 N–H and O–H groups in total. The Bertz CT molecular complexity index is 1420. The summed E-state index contributed by atoms with van der Waals surface area (Å²) in [6.07, 6.45) is 3.66. The summed E-state index contributed by atoms with van der Waals surface area (Å²) < 4.78 is 3.24. The molecule has 35 heavy (non-hydrogen) atoms. The fourth-order valence-corrected chi connectivity index (χ4v) is 4.92. The summed E-state index contributed by atoms with van der Waals surface area (Å²) in [5, 5.41) is 4.60. The van der Waals surface area contributed by atoms with Gasteiger partial charge in [0.15, 0.2) is 5.82 Å². The summed E-state index contributed by atoms with van der Waals surface area (Å²) in [7, 11) is 0. The minimum Gasteiger partial charge on any atom is -0.338 e. The molecule has 1 aliphatic rings. The summed E-state index contributed by atoms with van der Waals surface area (Å²) in [5.41, 5.74) is 4.20. The molecule has 4 aromatic rings. The molecule has 3 heterocycles. The smallest absolute Gasteiger partial charge is 0.279 e. The lowest BCUT2D eigenvalue weighted by molar-refractivity contribution is -0.135. The van der Waals surface area contributed by atoms with Gasteiger partial charge in [-0.3, -0.25) is 9.59 Å². The molecule has 1 saturated heterocycles. The molecular formula is C28H31N5O2. The van der Waals surface area contributed by atoms with Crippen LogP contribution in [0.25, 0.3) is 17.2 Å². The molecule has 0 aliphatic carbocycles. The van der Waals surface area contributed by atoms with E-state index in [9.17, 15) is 9.59 Å². The fraction of sp³-hybridized carbons (Fsp3) is 0.357. The third-order valence-corrected chi connectivity index (χ3v) is 7.07. The number of aromatic nitrogens is 4. The lowest BCUT2D eigenvalue weighted by atomic mass is 10.0. The first-order valence-electron chi connectivity index (χ1n) is 12.3.